The lowest BCUT2D eigenvalue weighted by molar-refractivity contribution is 0.0587. The summed E-state index contributed by atoms with van der Waals surface area (Å²) in [6, 6.07) is 10.9. The lowest BCUT2D eigenvalue weighted by atomic mass is 9.98. The molecule has 1 atom stereocenters. The molecule has 3 rings (SSSR count). The van der Waals surface area contributed by atoms with Crippen LogP contribution < -0.4 is 4.74 Å². The van der Waals surface area contributed by atoms with E-state index in [4.69, 9.17) is 21.4 Å². The van der Waals surface area contributed by atoms with E-state index in [9.17, 15) is 9.90 Å². The molecule has 1 aliphatic heterocycles. The second-order valence-electron chi connectivity index (χ2n) is 5.59. The van der Waals surface area contributed by atoms with Gasteiger partial charge in [-0.15, -0.1) is 0 Å². The molecule has 23 heavy (non-hydrogen) atoms. The number of aliphatic hydroxyl groups excluding tert-OH is 2. The summed E-state index contributed by atoms with van der Waals surface area (Å²) in [4.78, 5) is 12.0. The Labute approximate surface area is 139 Å². The SMILES string of the molecule is O=C(c1ccc(Cl)c(Cc2ccc3c(c2)CCO3)c1)C(O)CO. The largest absolute Gasteiger partial charge is 0.493 e. The molecule has 0 bridgehead atoms. The van der Waals surface area contributed by atoms with Crippen LogP contribution in [0.15, 0.2) is 36.4 Å². The number of ether oxygens (including phenoxy) is 1. The first-order chi connectivity index (χ1) is 11.1. The molecular formula is C18H17ClO4. The fourth-order valence-corrected chi connectivity index (χ4v) is 2.89. The molecule has 4 nitrogen and oxygen atoms in total. The summed E-state index contributed by atoms with van der Waals surface area (Å²) >= 11 is 6.23. The zero-order valence-corrected chi connectivity index (χ0v) is 13.2. The Morgan fingerprint density at radius 2 is 2.09 bits per heavy atom. The summed E-state index contributed by atoms with van der Waals surface area (Å²) < 4.78 is 5.49. The average Bonchev–Trinajstić information content (AvgIpc) is 3.03. The van der Waals surface area contributed by atoms with Crippen LogP contribution in [0.3, 0.4) is 0 Å². The molecule has 2 aromatic carbocycles. The standard InChI is InChI=1S/C18H17ClO4/c19-15-3-2-13(18(22)16(21)10-20)9-14(15)8-11-1-4-17-12(7-11)5-6-23-17/h1-4,7,9,16,20-21H,5-6,8,10H2. The van der Waals surface area contributed by atoms with Gasteiger partial charge in [-0.2, -0.15) is 0 Å². The molecule has 0 spiro atoms. The number of Topliss-reactive ketones (excluding diaryl/α,β-unsaturated/α-hetero) is 1. The molecule has 1 unspecified atom stereocenters. The van der Waals surface area contributed by atoms with Crippen molar-refractivity contribution in [1.29, 1.82) is 0 Å². The molecule has 2 aromatic rings. The van der Waals surface area contributed by atoms with Gasteiger partial charge in [0.25, 0.3) is 0 Å². The highest BCUT2D eigenvalue weighted by Gasteiger charge is 2.18. The number of rotatable bonds is 5. The number of ketones is 1. The molecule has 0 saturated heterocycles. The maximum Gasteiger partial charge on any atom is 0.193 e. The Morgan fingerprint density at radius 1 is 1.26 bits per heavy atom. The van der Waals surface area contributed by atoms with Crippen LogP contribution in [0.1, 0.15) is 27.0 Å². The van der Waals surface area contributed by atoms with Crippen LogP contribution in [-0.4, -0.2) is 35.3 Å². The summed E-state index contributed by atoms with van der Waals surface area (Å²) in [7, 11) is 0. The minimum Gasteiger partial charge on any atom is -0.493 e. The van der Waals surface area contributed by atoms with Gasteiger partial charge in [0.1, 0.15) is 11.9 Å². The molecule has 0 fully saturated rings. The third-order valence-corrected chi connectivity index (χ3v) is 4.32. The Kier molecular flexibility index (Phi) is 4.66. The van der Waals surface area contributed by atoms with Crippen molar-refractivity contribution in [2.45, 2.75) is 18.9 Å². The highest BCUT2D eigenvalue weighted by atomic mass is 35.5. The quantitative estimate of drug-likeness (QED) is 0.825. The average molecular weight is 333 g/mol. The number of benzene rings is 2. The number of aliphatic hydroxyl groups is 2. The summed E-state index contributed by atoms with van der Waals surface area (Å²) in [5, 5.41) is 19.0. The van der Waals surface area contributed by atoms with Crippen LogP contribution in [0.5, 0.6) is 5.75 Å². The second kappa shape index (κ2) is 6.71. The summed E-state index contributed by atoms with van der Waals surface area (Å²) in [5.41, 5.74) is 3.42. The lowest BCUT2D eigenvalue weighted by Gasteiger charge is -2.10. The zero-order chi connectivity index (χ0) is 16.4. The third-order valence-electron chi connectivity index (χ3n) is 3.95. The summed E-state index contributed by atoms with van der Waals surface area (Å²) in [6.45, 7) is 0.115. The van der Waals surface area contributed by atoms with Crippen molar-refractivity contribution in [3.05, 3.63) is 63.7 Å². The van der Waals surface area contributed by atoms with Crippen LogP contribution in [0.25, 0.3) is 0 Å². The highest BCUT2D eigenvalue weighted by molar-refractivity contribution is 6.31. The van der Waals surface area contributed by atoms with Gasteiger partial charge >= 0.3 is 0 Å². The Hall–Kier alpha value is -1.88. The topological polar surface area (TPSA) is 66.8 Å². The van der Waals surface area contributed by atoms with Gasteiger partial charge in [0.15, 0.2) is 5.78 Å². The lowest BCUT2D eigenvalue weighted by Crippen LogP contribution is -2.24. The monoisotopic (exact) mass is 332 g/mol. The molecule has 0 saturated carbocycles. The molecule has 1 aliphatic rings. The minimum absolute atomic E-state index is 0.343. The molecule has 120 valence electrons. The predicted molar refractivity (Wildman–Crippen MR) is 87.3 cm³/mol. The third kappa shape index (κ3) is 3.39. The van der Waals surface area contributed by atoms with Crippen molar-refractivity contribution >= 4 is 17.4 Å². The van der Waals surface area contributed by atoms with E-state index in [-0.39, 0.29) is 0 Å². The fraction of sp³-hybridized carbons (Fsp3) is 0.278. The number of halogens is 1. The summed E-state index contributed by atoms with van der Waals surface area (Å²) in [6.07, 6.45) is 0.0850. The van der Waals surface area contributed by atoms with E-state index < -0.39 is 18.5 Å². The summed E-state index contributed by atoms with van der Waals surface area (Å²) in [5.74, 6) is 0.419. The zero-order valence-electron chi connectivity index (χ0n) is 12.5. The van der Waals surface area contributed by atoms with Crippen LogP contribution in [-0.2, 0) is 12.8 Å². The van der Waals surface area contributed by atoms with Crippen LogP contribution in [0.4, 0.5) is 0 Å². The van der Waals surface area contributed by atoms with Gasteiger partial charge in [0, 0.05) is 17.0 Å². The molecule has 0 amide bonds. The van der Waals surface area contributed by atoms with Gasteiger partial charge < -0.3 is 14.9 Å². The predicted octanol–water partition coefficient (Wildman–Crippen LogP) is 2.40. The smallest absolute Gasteiger partial charge is 0.193 e. The maximum atomic E-state index is 12.0. The van der Waals surface area contributed by atoms with Gasteiger partial charge in [0.2, 0.25) is 0 Å². The Morgan fingerprint density at radius 3 is 2.87 bits per heavy atom. The van der Waals surface area contributed by atoms with E-state index in [1.165, 1.54) is 5.56 Å². The van der Waals surface area contributed by atoms with Crippen molar-refractivity contribution in [3.8, 4) is 5.75 Å². The molecule has 0 aliphatic carbocycles. The molecule has 0 radical (unpaired) electrons. The minimum atomic E-state index is -1.40. The van der Waals surface area contributed by atoms with Gasteiger partial charge in [0.05, 0.1) is 13.2 Å². The number of hydrogen-bond donors (Lipinski definition) is 2. The maximum absolute atomic E-state index is 12.0. The van der Waals surface area contributed by atoms with Crippen molar-refractivity contribution in [1.82, 2.24) is 0 Å². The van der Waals surface area contributed by atoms with Gasteiger partial charge in [-0.1, -0.05) is 23.7 Å². The van der Waals surface area contributed by atoms with Crippen molar-refractivity contribution < 1.29 is 19.7 Å². The normalized spacial score (nSPS) is 14.2. The second-order valence-corrected chi connectivity index (χ2v) is 5.99. The Balaban J connectivity index is 1.86. The molecule has 5 heteroatoms. The van der Waals surface area contributed by atoms with E-state index >= 15 is 0 Å². The first-order valence-corrected chi connectivity index (χ1v) is 7.82. The number of hydrogen-bond acceptors (Lipinski definition) is 4. The fourth-order valence-electron chi connectivity index (χ4n) is 2.71. The van der Waals surface area contributed by atoms with Crippen LogP contribution >= 0.6 is 11.6 Å². The van der Waals surface area contributed by atoms with E-state index in [1.807, 2.05) is 12.1 Å². The first-order valence-electron chi connectivity index (χ1n) is 7.44. The van der Waals surface area contributed by atoms with E-state index in [0.29, 0.717) is 23.6 Å². The van der Waals surface area contributed by atoms with Gasteiger partial charge in [-0.3, -0.25) is 4.79 Å². The van der Waals surface area contributed by atoms with E-state index in [1.54, 1.807) is 18.2 Å². The molecule has 2 N–H and O–H groups in total. The van der Waals surface area contributed by atoms with Crippen LogP contribution in [0, 0.1) is 0 Å². The molecule has 1 heterocycles. The molecule has 0 aromatic heterocycles. The number of carbonyl (C=O) groups excluding carboxylic acids is 1. The number of fused-ring (bicyclic) bond motifs is 1. The van der Waals surface area contributed by atoms with E-state index in [2.05, 4.69) is 6.07 Å². The van der Waals surface area contributed by atoms with Crippen molar-refractivity contribution in [2.24, 2.45) is 0 Å². The first kappa shape index (κ1) is 16.0. The van der Waals surface area contributed by atoms with Gasteiger partial charge in [-0.25, -0.2) is 0 Å². The number of carbonyl (C=O) groups is 1. The van der Waals surface area contributed by atoms with Crippen molar-refractivity contribution in [2.75, 3.05) is 13.2 Å². The van der Waals surface area contributed by atoms with Gasteiger partial charge in [-0.05, 0) is 47.4 Å². The van der Waals surface area contributed by atoms with Crippen LogP contribution in [0.2, 0.25) is 5.02 Å². The van der Waals surface area contributed by atoms with E-state index in [0.717, 1.165) is 23.3 Å². The highest BCUT2D eigenvalue weighted by Crippen LogP contribution is 2.28. The molecular weight excluding hydrogens is 316 g/mol. The van der Waals surface area contributed by atoms with Crippen molar-refractivity contribution in [3.63, 3.8) is 0 Å². The Bertz CT molecular complexity index is 742.